The molecule has 0 radical (unpaired) electrons. The summed E-state index contributed by atoms with van der Waals surface area (Å²) in [4.78, 5) is 16.4. The number of aliphatic hydroxyl groups excluding tert-OH is 1. The second kappa shape index (κ2) is 9.43. The number of benzene rings is 2. The van der Waals surface area contributed by atoms with Crippen molar-refractivity contribution in [1.82, 2.24) is 14.4 Å². The zero-order valence-electron chi connectivity index (χ0n) is 17.3. The van der Waals surface area contributed by atoms with Gasteiger partial charge in [-0.15, -0.1) is 0 Å². The summed E-state index contributed by atoms with van der Waals surface area (Å²) >= 11 is 0. The van der Waals surface area contributed by atoms with Crippen LogP contribution in [0.15, 0.2) is 60.8 Å². The van der Waals surface area contributed by atoms with E-state index in [2.05, 4.69) is 46.3 Å². The molecule has 0 aliphatic carbocycles. The molecule has 158 valence electrons. The maximum absolute atomic E-state index is 11.5. The van der Waals surface area contributed by atoms with E-state index in [1.54, 1.807) is 0 Å². The molecule has 1 atom stereocenters. The summed E-state index contributed by atoms with van der Waals surface area (Å²) < 4.78 is 1.95. The molecule has 1 aliphatic heterocycles. The van der Waals surface area contributed by atoms with Crippen LogP contribution in [-0.2, 0) is 24.4 Å². The van der Waals surface area contributed by atoms with E-state index in [4.69, 9.17) is 5.73 Å². The van der Waals surface area contributed by atoms with Crippen LogP contribution in [0, 0.1) is 0 Å². The number of amides is 1. The molecule has 6 heteroatoms. The lowest BCUT2D eigenvalue weighted by Gasteiger charge is -2.41. The van der Waals surface area contributed by atoms with Crippen LogP contribution in [0.4, 0.5) is 0 Å². The van der Waals surface area contributed by atoms with E-state index in [1.165, 1.54) is 16.5 Å². The minimum Gasteiger partial charge on any atom is -0.396 e. The summed E-state index contributed by atoms with van der Waals surface area (Å²) in [6, 6.07) is 19.0. The smallest absolute Gasteiger partial charge is 0.237 e. The number of nitrogens with zero attached hydrogens (tertiary/aromatic N) is 3. The van der Waals surface area contributed by atoms with Gasteiger partial charge < -0.3 is 15.4 Å². The van der Waals surface area contributed by atoms with Crippen molar-refractivity contribution in [2.45, 2.75) is 32.1 Å². The van der Waals surface area contributed by atoms with Crippen LogP contribution in [0.3, 0.4) is 0 Å². The van der Waals surface area contributed by atoms with Crippen molar-refractivity contribution in [1.29, 1.82) is 0 Å². The highest BCUT2D eigenvalue weighted by Crippen LogP contribution is 2.25. The summed E-state index contributed by atoms with van der Waals surface area (Å²) in [7, 11) is 0. The summed E-state index contributed by atoms with van der Waals surface area (Å²) in [5, 5.41) is 10.8. The van der Waals surface area contributed by atoms with E-state index in [1.807, 2.05) is 28.8 Å². The monoisotopic (exact) mass is 406 g/mol. The summed E-state index contributed by atoms with van der Waals surface area (Å²) in [6.07, 6.45) is 2.83. The number of aliphatic hydroxyl groups is 1. The average Bonchev–Trinajstić information content (AvgIpc) is 3.08. The van der Waals surface area contributed by atoms with E-state index in [-0.39, 0.29) is 19.1 Å². The van der Waals surface area contributed by atoms with Crippen LogP contribution in [0.25, 0.3) is 10.9 Å². The molecule has 0 bridgehead atoms. The Bertz CT molecular complexity index is 985. The van der Waals surface area contributed by atoms with Gasteiger partial charge in [0.15, 0.2) is 0 Å². The van der Waals surface area contributed by atoms with Gasteiger partial charge in [-0.25, -0.2) is 0 Å². The van der Waals surface area contributed by atoms with E-state index >= 15 is 0 Å². The number of nitrogens with two attached hydrogens (primary N) is 1. The zero-order valence-corrected chi connectivity index (χ0v) is 17.3. The topological polar surface area (TPSA) is 74.7 Å². The molecule has 3 N–H and O–H groups in total. The lowest BCUT2D eigenvalue weighted by atomic mass is 10.1. The largest absolute Gasteiger partial charge is 0.396 e. The van der Waals surface area contributed by atoms with Crippen molar-refractivity contribution in [3.63, 3.8) is 0 Å². The third-order valence-electron chi connectivity index (χ3n) is 5.97. The Labute approximate surface area is 177 Å². The fourth-order valence-corrected chi connectivity index (χ4v) is 4.54. The molecule has 1 fully saturated rings. The van der Waals surface area contributed by atoms with Crippen molar-refractivity contribution in [2.24, 2.45) is 5.73 Å². The van der Waals surface area contributed by atoms with Crippen LogP contribution < -0.4 is 5.73 Å². The maximum Gasteiger partial charge on any atom is 0.237 e. The normalized spacial score (nSPS) is 18.1. The highest BCUT2D eigenvalue weighted by atomic mass is 16.3. The Hall–Kier alpha value is -2.67. The van der Waals surface area contributed by atoms with Crippen molar-refractivity contribution in [3.8, 4) is 0 Å². The molecule has 1 aromatic heterocycles. The fraction of sp³-hybridized carbons (Fsp3) is 0.375. The molecule has 30 heavy (non-hydrogen) atoms. The number of para-hydroxylation sites is 1. The highest BCUT2D eigenvalue weighted by molar-refractivity contribution is 5.85. The third kappa shape index (κ3) is 4.73. The van der Waals surface area contributed by atoms with E-state index in [0.717, 1.165) is 44.7 Å². The molecule has 1 amide bonds. The molecular formula is C24H30N4O2. The van der Waals surface area contributed by atoms with Gasteiger partial charge in [0.2, 0.25) is 5.91 Å². The van der Waals surface area contributed by atoms with Crippen molar-refractivity contribution < 1.29 is 9.90 Å². The first-order valence-electron chi connectivity index (χ1n) is 10.6. The summed E-state index contributed by atoms with van der Waals surface area (Å²) in [5.41, 5.74) is 9.00. The quantitative estimate of drug-likeness (QED) is 0.601. The van der Waals surface area contributed by atoms with E-state index in [0.29, 0.717) is 6.04 Å². The predicted octanol–water partition coefficient (Wildman–Crippen LogP) is 2.20. The molecular weight excluding hydrogens is 376 g/mol. The van der Waals surface area contributed by atoms with Gasteiger partial charge in [-0.05, 0) is 23.6 Å². The van der Waals surface area contributed by atoms with Crippen LogP contribution in [0.5, 0.6) is 0 Å². The first-order valence-corrected chi connectivity index (χ1v) is 10.6. The summed E-state index contributed by atoms with van der Waals surface area (Å²) in [6.45, 7) is 5.00. The number of hydrogen-bond acceptors (Lipinski definition) is 4. The number of primary amides is 1. The molecule has 2 aromatic carbocycles. The lowest BCUT2D eigenvalue weighted by molar-refractivity contribution is -0.118. The van der Waals surface area contributed by atoms with Crippen LogP contribution in [0.1, 0.15) is 17.5 Å². The van der Waals surface area contributed by atoms with Gasteiger partial charge >= 0.3 is 0 Å². The molecule has 6 nitrogen and oxygen atoms in total. The Morgan fingerprint density at radius 1 is 1.03 bits per heavy atom. The van der Waals surface area contributed by atoms with Gasteiger partial charge in [0.1, 0.15) is 6.54 Å². The summed E-state index contributed by atoms with van der Waals surface area (Å²) in [5.74, 6) is -0.333. The van der Waals surface area contributed by atoms with Gasteiger partial charge in [-0.2, -0.15) is 0 Å². The van der Waals surface area contributed by atoms with Crippen LogP contribution in [-0.4, -0.2) is 57.7 Å². The SMILES string of the molecule is NC(=O)Cn1cc(CN2CCN(Cc3ccccc3)[C@@H](CCO)C2)c2ccccc21. The number of fused-ring (bicyclic) bond motifs is 1. The first kappa shape index (κ1) is 20.6. The molecule has 0 saturated carbocycles. The van der Waals surface area contributed by atoms with Gasteiger partial charge in [0.05, 0.1) is 0 Å². The Morgan fingerprint density at radius 2 is 1.80 bits per heavy atom. The Kier molecular flexibility index (Phi) is 6.47. The second-order valence-corrected chi connectivity index (χ2v) is 8.12. The van der Waals surface area contributed by atoms with E-state index in [9.17, 15) is 9.90 Å². The van der Waals surface area contributed by atoms with Crippen molar-refractivity contribution in [3.05, 3.63) is 71.9 Å². The maximum atomic E-state index is 11.5. The predicted molar refractivity (Wildman–Crippen MR) is 119 cm³/mol. The zero-order chi connectivity index (χ0) is 20.9. The van der Waals surface area contributed by atoms with Crippen molar-refractivity contribution >= 4 is 16.8 Å². The standard InChI is InChI=1S/C24H30N4O2/c25-24(30)18-28-16-20(22-8-4-5-9-23(22)28)15-26-11-12-27(21(17-26)10-13-29)14-19-6-2-1-3-7-19/h1-9,16,21,29H,10-15,17-18H2,(H2,25,30)/t21-/m0/s1. The highest BCUT2D eigenvalue weighted by Gasteiger charge is 2.27. The molecule has 0 spiro atoms. The number of rotatable bonds is 8. The van der Waals surface area contributed by atoms with Gasteiger partial charge in [-0.1, -0.05) is 48.5 Å². The first-order chi connectivity index (χ1) is 14.6. The van der Waals surface area contributed by atoms with Gasteiger partial charge in [-0.3, -0.25) is 14.6 Å². The molecule has 1 aliphatic rings. The molecule has 3 aromatic rings. The van der Waals surface area contributed by atoms with E-state index < -0.39 is 0 Å². The van der Waals surface area contributed by atoms with Crippen LogP contribution >= 0.6 is 0 Å². The molecule has 4 rings (SSSR count). The van der Waals surface area contributed by atoms with Crippen LogP contribution in [0.2, 0.25) is 0 Å². The Balaban J connectivity index is 1.49. The molecule has 1 saturated heterocycles. The number of carbonyl (C=O) groups is 1. The molecule has 0 unspecified atom stereocenters. The number of piperazine rings is 1. The number of carbonyl (C=O) groups excluding carboxylic acids is 1. The average molecular weight is 407 g/mol. The molecule has 2 heterocycles. The lowest BCUT2D eigenvalue weighted by Crippen LogP contribution is -2.52. The van der Waals surface area contributed by atoms with Crippen molar-refractivity contribution in [2.75, 3.05) is 26.2 Å². The Morgan fingerprint density at radius 3 is 2.57 bits per heavy atom. The minimum absolute atomic E-state index is 0.193. The number of hydrogen-bond donors (Lipinski definition) is 2. The third-order valence-corrected chi connectivity index (χ3v) is 5.97. The van der Waals surface area contributed by atoms with Gasteiger partial charge in [0, 0.05) is 62.5 Å². The minimum atomic E-state index is -0.333. The number of aromatic nitrogens is 1. The second-order valence-electron chi connectivity index (χ2n) is 8.12. The fourth-order valence-electron chi connectivity index (χ4n) is 4.54. The van der Waals surface area contributed by atoms with Gasteiger partial charge in [0.25, 0.3) is 0 Å².